The van der Waals surface area contributed by atoms with Crippen LogP contribution in [0, 0.1) is 0 Å². The maximum absolute atomic E-state index is 12.4. The van der Waals surface area contributed by atoms with Crippen LogP contribution in [0.15, 0.2) is 88.9 Å². The van der Waals surface area contributed by atoms with Crippen molar-refractivity contribution in [3.8, 4) is 16.3 Å². The Kier molecular flexibility index (Phi) is 5.50. The molecule has 2 aromatic carbocycles. The van der Waals surface area contributed by atoms with E-state index in [1.165, 1.54) is 6.08 Å². The van der Waals surface area contributed by atoms with Crippen LogP contribution in [0.5, 0.6) is 0 Å². The zero-order valence-electron chi connectivity index (χ0n) is 14.7. The van der Waals surface area contributed by atoms with E-state index >= 15 is 0 Å². The highest BCUT2D eigenvalue weighted by molar-refractivity contribution is 9.10. The normalized spacial score (nSPS) is 11.0. The number of carbonyl (C=O) groups is 1. The fraction of sp³-hybridized carbons (Fsp3) is 0. The Hall–Kier alpha value is -2.96. The average molecular weight is 450 g/mol. The molecule has 0 atom stereocenters. The molecule has 0 spiro atoms. The minimum absolute atomic E-state index is 0.198. The number of amides is 1. The third-order valence-electron chi connectivity index (χ3n) is 4.06. The second-order valence-corrected chi connectivity index (χ2v) is 7.79. The van der Waals surface area contributed by atoms with Crippen LogP contribution in [0.2, 0.25) is 0 Å². The lowest BCUT2D eigenvalue weighted by molar-refractivity contribution is -0.111. The van der Waals surface area contributed by atoms with Crippen LogP contribution < -0.4 is 5.32 Å². The number of carbonyl (C=O) groups excluding carboxylic acids is 1. The molecule has 0 radical (unpaired) electrons. The Morgan fingerprint density at radius 3 is 2.57 bits per heavy atom. The number of para-hydroxylation sites is 2. The number of aromatic nitrogens is 2. The molecule has 0 fully saturated rings. The van der Waals surface area contributed by atoms with Crippen molar-refractivity contribution < 1.29 is 4.79 Å². The van der Waals surface area contributed by atoms with E-state index in [1.807, 2.05) is 83.0 Å². The summed E-state index contributed by atoms with van der Waals surface area (Å²) in [6, 6.07) is 21.5. The molecule has 4 rings (SSSR count). The number of nitrogens with one attached hydrogen (secondary N) is 1. The van der Waals surface area contributed by atoms with Gasteiger partial charge in [0.1, 0.15) is 5.69 Å². The number of anilines is 1. The number of nitrogens with zero attached hydrogens (tertiary/aromatic N) is 2. The van der Waals surface area contributed by atoms with E-state index in [4.69, 9.17) is 5.10 Å². The maximum Gasteiger partial charge on any atom is 0.248 e. The number of thiophene rings is 1. The van der Waals surface area contributed by atoms with Gasteiger partial charge < -0.3 is 5.32 Å². The summed E-state index contributed by atoms with van der Waals surface area (Å²) in [4.78, 5) is 13.4. The second-order valence-electron chi connectivity index (χ2n) is 5.99. The van der Waals surface area contributed by atoms with Gasteiger partial charge in [0, 0.05) is 22.3 Å². The summed E-state index contributed by atoms with van der Waals surface area (Å²) in [7, 11) is 0. The number of hydrogen-bond donors (Lipinski definition) is 1. The zero-order valence-corrected chi connectivity index (χ0v) is 17.2. The first-order valence-corrected chi connectivity index (χ1v) is 10.3. The average Bonchev–Trinajstić information content (AvgIpc) is 3.38. The van der Waals surface area contributed by atoms with Crippen molar-refractivity contribution in [2.45, 2.75) is 0 Å². The monoisotopic (exact) mass is 449 g/mol. The van der Waals surface area contributed by atoms with Crippen LogP contribution >= 0.6 is 27.3 Å². The van der Waals surface area contributed by atoms with E-state index in [-0.39, 0.29) is 5.91 Å². The van der Waals surface area contributed by atoms with E-state index in [0.29, 0.717) is 0 Å². The molecule has 1 N–H and O–H groups in total. The first kappa shape index (κ1) is 18.4. The summed E-state index contributed by atoms with van der Waals surface area (Å²) in [6.45, 7) is 0. The van der Waals surface area contributed by atoms with Crippen LogP contribution in [-0.2, 0) is 4.79 Å². The van der Waals surface area contributed by atoms with Crippen molar-refractivity contribution in [3.05, 3.63) is 94.4 Å². The zero-order chi connectivity index (χ0) is 19.3. The van der Waals surface area contributed by atoms with Crippen LogP contribution in [0.1, 0.15) is 5.56 Å². The van der Waals surface area contributed by atoms with E-state index in [9.17, 15) is 4.79 Å². The predicted octanol–water partition coefficient (Wildman–Crippen LogP) is 6.02. The third kappa shape index (κ3) is 4.13. The third-order valence-corrected chi connectivity index (χ3v) is 5.63. The summed E-state index contributed by atoms with van der Waals surface area (Å²) in [5.74, 6) is -0.198. The lowest BCUT2D eigenvalue weighted by Crippen LogP contribution is -2.08. The molecule has 0 aliphatic carbocycles. The van der Waals surface area contributed by atoms with Gasteiger partial charge in [0.2, 0.25) is 5.91 Å². The van der Waals surface area contributed by atoms with Crippen molar-refractivity contribution in [2.24, 2.45) is 0 Å². The van der Waals surface area contributed by atoms with E-state index in [0.717, 1.165) is 32.0 Å². The molecular weight excluding hydrogens is 434 g/mol. The number of hydrogen-bond acceptors (Lipinski definition) is 3. The summed E-state index contributed by atoms with van der Waals surface area (Å²) in [5, 5.41) is 9.63. The maximum atomic E-state index is 12.4. The summed E-state index contributed by atoms with van der Waals surface area (Å²) >= 11 is 5.06. The van der Waals surface area contributed by atoms with Crippen molar-refractivity contribution >= 4 is 44.9 Å². The summed E-state index contributed by atoms with van der Waals surface area (Å²) in [5.41, 5.74) is 3.44. The largest absolute Gasteiger partial charge is 0.321 e. The van der Waals surface area contributed by atoms with Gasteiger partial charge >= 0.3 is 0 Å². The second kappa shape index (κ2) is 8.37. The van der Waals surface area contributed by atoms with Crippen molar-refractivity contribution in [3.63, 3.8) is 0 Å². The number of halogens is 1. The van der Waals surface area contributed by atoms with E-state index in [1.54, 1.807) is 17.4 Å². The van der Waals surface area contributed by atoms with Gasteiger partial charge in [0.25, 0.3) is 0 Å². The molecule has 28 heavy (non-hydrogen) atoms. The van der Waals surface area contributed by atoms with Crippen LogP contribution in [0.3, 0.4) is 0 Å². The molecule has 0 aliphatic rings. The van der Waals surface area contributed by atoms with Gasteiger partial charge in [0.05, 0.1) is 16.3 Å². The van der Waals surface area contributed by atoms with E-state index in [2.05, 4.69) is 21.2 Å². The Morgan fingerprint density at radius 1 is 1.04 bits per heavy atom. The Bertz CT molecular complexity index is 1120. The molecule has 2 heterocycles. The first-order valence-electron chi connectivity index (χ1n) is 8.63. The van der Waals surface area contributed by atoms with Gasteiger partial charge in [-0.05, 0) is 57.7 Å². The van der Waals surface area contributed by atoms with Gasteiger partial charge in [0.15, 0.2) is 0 Å². The van der Waals surface area contributed by atoms with Gasteiger partial charge in [-0.25, -0.2) is 4.68 Å². The topological polar surface area (TPSA) is 46.9 Å². The molecule has 0 bridgehead atoms. The molecule has 6 heteroatoms. The minimum atomic E-state index is -0.198. The molecule has 4 aromatic rings. The van der Waals surface area contributed by atoms with Gasteiger partial charge in [-0.15, -0.1) is 11.3 Å². The van der Waals surface area contributed by atoms with Gasteiger partial charge in [-0.1, -0.05) is 36.4 Å². The molecule has 0 unspecified atom stereocenters. The highest BCUT2D eigenvalue weighted by atomic mass is 79.9. The highest BCUT2D eigenvalue weighted by Gasteiger charge is 2.12. The fourth-order valence-corrected chi connectivity index (χ4v) is 3.84. The fourth-order valence-electron chi connectivity index (χ4n) is 2.73. The lowest BCUT2D eigenvalue weighted by Gasteiger charge is -2.03. The van der Waals surface area contributed by atoms with Crippen molar-refractivity contribution in [2.75, 3.05) is 5.32 Å². The molecular formula is C22H16BrN3OS. The summed E-state index contributed by atoms with van der Waals surface area (Å²) < 4.78 is 2.67. The molecule has 4 nitrogen and oxygen atoms in total. The molecule has 1 amide bonds. The Morgan fingerprint density at radius 2 is 1.82 bits per heavy atom. The molecule has 0 saturated heterocycles. The molecule has 0 aliphatic heterocycles. The first-order chi connectivity index (χ1) is 13.7. The van der Waals surface area contributed by atoms with Gasteiger partial charge in [-0.2, -0.15) is 5.10 Å². The SMILES string of the molecule is O=C(C=Cc1cn(-c2ccccc2)nc1-c1cccs1)Nc1ccccc1Br. The molecule has 138 valence electrons. The molecule has 2 aromatic heterocycles. The van der Waals surface area contributed by atoms with Crippen LogP contribution in [-0.4, -0.2) is 15.7 Å². The smallest absolute Gasteiger partial charge is 0.248 e. The number of rotatable bonds is 5. The Labute approximate surface area is 175 Å². The predicted molar refractivity (Wildman–Crippen MR) is 119 cm³/mol. The van der Waals surface area contributed by atoms with Crippen molar-refractivity contribution in [1.29, 1.82) is 0 Å². The quantitative estimate of drug-likeness (QED) is 0.378. The number of benzene rings is 2. The van der Waals surface area contributed by atoms with E-state index < -0.39 is 0 Å². The van der Waals surface area contributed by atoms with Gasteiger partial charge in [-0.3, -0.25) is 4.79 Å². The Balaban J connectivity index is 1.63. The van der Waals surface area contributed by atoms with Crippen molar-refractivity contribution in [1.82, 2.24) is 9.78 Å². The standard InChI is InChI=1S/C22H16BrN3OS/c23-18-9-4-5-10-19(18)24-21(27)13-12-16-15-26(17-7-2-1-3-8-17)25-22(16)20-11-6-14-28-20/h1-15H,(H,24,27). The summed E-state index contributed by atoms with van der Waals surface area (Å²) in [6.07, 6.45) is 5.27. The minimum Gasteiger partial charge on any atom is -0.321 e. The lowest BCUT2D eigenvalue weighted by atomic mass is 10.2. The molecule has 0 saturated carbocycles. The highest BCUT2D eigenvalue weighted by Crippen LogP contribution is 2.28. The van der Waals surface area contributed by atoms with Crippen LogP contribution in [0.25, 0.3) is 22.3 Å². The van der Waals surface area contributed by atoms with Crippen LogP contribution in [0.4, 0.5) is 5.69 Å².